The quantitative estimate of drug-likeness (QED) is 0.486. The van der Waals surface area contributed by atoms with Gasteiger partial charge in [0.15, 0.2) is 0 Å². The van der Waals surface area contributed by atoms with E-state index < -0.39 is 12.0 Å². The van der Waals surface area contributed by atoms with Crippen LogP contribution in [0.15, 0.2) is 12.2 Å². The van der Waals surface area contributed by atoms with Gasteiger partial charge in [-0.25, -0.2) is 0 Å². The number of aliphatic carboxylic acids is 1. The highest BCUT2D eigenvalue weighted by molar-refractivity contribution is 7.99. The summed E-state index contributed by atoms with van der Waals surface area (Å²) in [5.74, 6) is 0.987. The Morgan fingerprint density at radius 2 is 2.31 bits per heavy atom. The smallest absolute Gasteiger partial charge is 0.320 e. The van der Waals surface area contributed by atoms with Crippen molar-refractivity contribution in [1.82, 2.24) is 0 Å². The predicted molar refractivity (Wildman–Crippen MR) is 57.0 cm³/mol. The third kappa shape index (κ3) is 7.87. The van der Waals surface area contributed by atoms with E-state index in [1.165, 1.54) is 0 Å². The van der Waals surface area contributed by atoms with E-state index >= 15 is 0 Å². The van der Waals surface area contributed by atoms with Gasteiger partial charge in [-0.3, -0.25) is 4.79 Å². The van der Waals surface area contributed by atoms with E-state index in [1.54, 1.807) is 11.8 Å². The SMILES string of the molecule is C=C(C)CSCCCC(N)C(=O)O. The zero-order valence-corrected chi connectivity index (χ0v) is 8.77. The summed E-state index contributed by atoms with van der Waals surface area (Å²) in [6.45, 7) is 5.76. The first-order valence-corrected chi connectivity index (χ1v) is 5.40. The Morgan fingerprint density at radius 1 is 1.69 bits per heavy atom. The monoisotopic (exact) mass is 203 g/mol. The van der Waals surface area contributed by atoms with Gasteiger partial charge in [-0.1, -0.05) is 12.2 Å². The molecule has 3 nitrogen and oxygen atoms in total. The Morgan fingerprint density at radius 3 is 2.77 bits per heavy atom. The average molecular weight is 203 g/mol. The fourth-order valence-corrected chi connectivity index (χ4v) is 1.64. The first-order chi connectivity index (χ1) is 6.04. The van der Waals surface area contributed by atoms with Crippen LogP contribution in [-0.4, -0.2) is 28.6 Å². The lowest BCUT2D eigenvalue weighted by Gasteiger charge is -2.05. The molecule has 0 heterocycles. The van der Waals surface area contributed by atoms with Crippen molar-refractivity contribution in [2.45, 2.75) is 25.8 Å². The molecule has 0 fully saturated rings. The Kier molecular flexibility index (Phi) is 6.72. The van der Waals surface area contributed by atoms with Crippen LogP contribution in [0, 0.1) is 0 Å². The minimum atomic E-state index is -0.912. The zero-order valence-electron chi connectivity index (χ0n) is 7.95. The van der Waals surface area contributed by atoms with Crippen molar-refractivity contribution in [2.24, 2.45) is 5.73 Å². The van der Waals surface area contributed by atoms with Gasteiger partial charge < -0.3 is 10.8 Å². The topological polar surface area (TPSA) is 63.3 Å². The lowest BCUT2D eigenvalue weighted by molar-refractivity contribution is -0.138. The van der Waals surface area contributed by atoms with Crippen molar-refractivity contribution in [3.8, 4) is 0 Å². The maximum Gasteiger partial charge on any atom is 0.320 e. The van der Waals surface area contributed by atoms with Gasteiger partial charge in [0.2, 0.25) is 0 Å². The Hall–Kier alpha value is -0.480. The molecule has 76 valence electrons. The molecule has 0 aromatic heterocycles. The zero-order chi connectivity index (χ0) is 10.3. The summed E-state index contributed by atoms with van der Waals surface area (Å²) in [6.07, 6.45) is 1.41. The molecule has 0 rings (SSSR count). The third-order valence-corrected chi connectivity index (χ3v) is 2.74. The summed E-state index contributed by atoms with van der Waals surface area (Å²) in [6, 6.07) is -0.703. The van der Waals surface area contributed by atoms with Crippen LogP contribution in [0.3, 0.4) is 0 Å². The second-order valence-electron chi connectivity index (χ2n) is 3.10. The molecule has 0 saturated heterocycles. The predicted octanol–water partition coefficient (Wildman–Crippen LogP) is 1.49. The maximum absolute atomic E-state index is 10.3. The molecule has 13 heavy (non-hydrogen) atoms. The molecule has 0 spiro atoms. The van der Waals surface area contributed by atoms with Gasteiger partial charge >= 0.3 is 5.97 Å². The molecule has 0 aromatic carbocycles. The molecule has 0 amide bonds. The molecule has 0 aliphatic rings. The highest BCUT2D eigenvalue weighted by atomic mass is 32.2. The van der Waals surface area contributed by atoms with E-state index in [0.717, 1.165) is 23.5 Å². The molecule has 0 aliphatic heterocycles. The number of carbonyl (C=O) groups is 1. The Labute approximate surface area is 83.4 Å². The number of nitrogens with two attached hydrogens (primary N) is 1. The number of hydrogen-bond donors (Lipinski definition) is 2. The molecule has 4 heteroatoms. The largest absolute Gasteiger partial charge is 0.480 e. The van der Waals surface area contributed by atoms with E-state index in [9.17, 15) is 4.79 Å². The van der Waals surface area contributed by atoms with E-state index in [1.807, 2.05) is 6.92 Å². The summed E-state index contributed by atoms with van der Waals surface area (Å²) >= 11 is 1.77. The lowest BCUT2D eigenvalue weighted by atomic mass is 10.2. The van der Waals surface area contributed by atoms with E-state index in [0.29, 0.717) is 6.42 Å². The van der Waals surface area contributed by atoms with Crippen LogP contribution in [0.25, 0.3) is 0 Å². The molecule has 3 N–H and O–H groups in total. The number of carboxylic acid groups (broad SMARTS) is 1. The van der Waals surface area contributed by atoms with Crippen molar-refractivity contribution in [3.05, 3.63) is 12.2 Å². The van der Waals surface area contributed by atoms with Crippen molar-refractivity contribution in [3.63, 3.8) is 0 Å². The second-order valence-corrected chi connectivity index (χ2v) is 4.20. The molecule has 0 aromatic rings. The van der Waals surface area contributed by atoms with Crippen molar-refractivity contribution in [2.75, 3.05) is 11.5 Å². The second kappa shape index (κ2) is 6.97. The van der Waals surface area contributed by atoms with Gasteiger partial charge in [-0.15, -0.1) is 0 Å². The van der Waals surface area contributed by atoms with Crippen molar-refractivity contribution >= 4 is 17.7 Å². The van der Waals surface area contributed by atoms with Gasteiger partial charge in [0.25, 0.3) is 0 Å². The Bertz CT molecular complexity index is 182. The van der Waals surface area contributed by atoms with Gasteiger partial charge in [-0.2, -0.15) is 11.8 Å². The molecule has 0 aliphatic carbocycles. The molecular weight excluding hydrogens is 186 g/mol. The summed E-state index contributed by atoms with van der Waals surface area (Å²) in [5.41, 5.74) is 6.48. The number of rotatable bonds is 7. The minimum Gasteiger partial charge on any atom is -0.480 e. The summed E-state index contributed by atoms with van der Waals surface area (Å²) in [4.78, 5) is 10.3. The normalized spacial score (nSPS) is 12.5. The summed E-state index contributed by atoms with van der Waals surface area (Å²) in [5, 5.41) is 8.48. The summed E-state index contributed by atoms with van der Waals surface area (Å²) in [7, 11) is 0. The highest BCUT2D eigenvalue weighted by Gasteiger charge is 2.09. The Balaban J connectivity index is 3.26. The number of carboxylic acids is 1. The van der Waals surface area contributed by atoms with Crippen LogP contribution < -0.4 is 5.73 Å². The van der Waals surface area contributed by atoms with Crippen LogP contribution in [0.1, 0.15) is 19.8 Å². The molecule has 0 bridgehead atoms. The standard InChI is InChI=1S/C9H17NO2S/c1-7(2)6-13-5-3-4-8(10)9(11)12/h8H,1,3-6,10H2,2H3,(H,11,12). The molecule has 1 atom stereocenters. The van der Waals surface area contributed by atoms with Crippen LogP contribution in [0.5, 0.6) is 0 Å². The fraction of sp³-hybridized carbons (Fsp3) is 0.667. The molecular formula is C9H17NO2S. The first kappa shape index (κ1) is 12.5. The van der Waals surface area contributed by atoms with Gasteiger partial charge in [0.05, 0.1) is 0 Å². The molecule has 0 radical (unpaired) electrons. The fourth-order valence-electron chi connectivity index (χ4n) is 0.775. The molecule has 1 unspecified atom stereocenters. The van der Waals surface area contributed by atoms with Crippen LogP contribution in [0.4, 0.5) is 0 Å². The summed E-state index contributed by atoms with van der Waals surface area (Å²) < 4.78 is 0. The first-order valence-electron chi connectivity index (χ1n) is 4.24. The number of thioether (sulfide) groups is 1. The third-order valence-electron chi connectivity index (χ3n) is 1.47. The molecule has 0 saturated carbocycles. The van der Waals surface area contributed by atoms with Crippen molar-refractivity contribution < 1.29 is 9.90 Å². The van der Waals surface area contributed by atoms with Crippen molar-refractivity contribution in [1.29, 1.82) is 0 Å². The van der Waals surface area contributed by atoms with E-state index in [2.05, 4.69) is 6.58 Å². The van der Waals surface area contributed by atoms with Gasteiger partial charge in [-0.05, 0) is 25.5 Å². The van der Waals surface area contributed by atoms with E-state index in [-0.39, 0.29) is 0 Å². The number of hydrogen-bond acceptors (Lipinski definition) is 3. The highest BCUT2D eigenvalue weighted by Crippen LogP contribution is 2.09. The average Bonchev–Trinajstić information content (AvgIpc) is 2.02. The minimum absolute atomic E-state index is 0.554. The van der Waals surface area contributed by atoms with Crippen LogP contribution in [-0.2, 0) is 4.79 Å². The van der Waals surface area contributed by atoms with Gasteiger partial charge in [0, 0.05) is 5.75 Å². The van der Waals surface area contributed by atoms with Crippen LogP contribution >= 0.6 is 11.8 Å². The van der Waals surface area contributed by atoms with Gasteiger partial charge in [0.1, 0.15) is 6.04 Å². The van der Waals surface area contributed by atoms with Crippen LogP contribution in [0.2, 0.25) is 0 Å². The van der Waals surface area contributed by atoms with E-state index in [4.69, 9.17) is 10.8 Å². The maximum atomic E-state index is 10.3. The lowest BCUT2D eigenvalue weighted by Crippen LogP contribution is -2.29.